The molecule has 15 heavy (non-hydrogen) atoms. The zero-order chi connectivity index (χ0) is 10.7. The van der Waals surface area contributed by atoms with Crippen molar-refractivity contribution in [3.8, 4) is 0 Å². The fourth-order valence-electron chi connectivity index (χ4n) is 0. The van der Waals surface area contributed by atoms with E-state index >= 15 is 0 Å². The Morgan fingerprint density at radius 3 is 0.533 bits per heavy atom. The minimum Gasteiger partial charge on any atom is 0 e. The van der Waals surface area contributed by atoms with Crippen molar-refractivity contribution in [1.29, 1.82) is 0 Å². The fourth-order valence-corrected chi connectivity index (χ4v) is 0. The van der Waals surface area contributed by atoms with Crippen LogP contribution in [0.2, 0.25) is 0 Å². The molecule has 0 unspecified atom stereocenters. The van der Waals surface area contributed by atoms with Crippen molar-refractivity contribution in [2.24, 2.45) is 0 Å². The summed E-state index contributed by atoms with van der Waals surface area (Å²) in [5, 5.41) is 0. The topological polar surface area (TPSA) is 190 Å². The van der Waals surface area contributed by atoms with Crippen molar-refractivity contribution in [2.75, 3.05) is 0 Å². The number of hydrogen-bond donors (Lipinski definition) is 0. The molecular formula is Bi2O9PbTi3. The van der Waals surface area contributed by atoms with Gasteiger partial charge in [0.05, 0.1) is 0 Å². The van der Waals surface area contributed by atoms with Gasteiger partial charge in [0.2, 0.25) is 0 Å². The van der Waals surface area contributed by atoms with E-state index in [0.717, 1.165) is 0 Å². The maximum Gasteiger partial charge on any atom is 0 e. The molecule has 0 aromatic rings. The molecule has 0 saturated heterocycles. The van der Waals surface area contributed by atoms with Gasteiger partial charge in [0, 0.05) is 27.3 Å². The fraction of sp³-hybridized carbons (Fsp3) is 0. The quantitative estimate of drug-likeness (QED) is 0.213. The molecule has 0 aliphatic carbocycles. The molecule has 0 aliphatic rings. The third kappa shape index (κ3) is 289. The summed E-state index contributed by atoms with van der Waals surface area (Å²) in [5.74, 6) is 0. The molecule has 15 heteroatoms. The molecule has 0 amide bonds. The van der Waals surface area contributed by atoms with Crippen molar-refractivity contribution in [3.05, 3.63) is 0 Å². The summed E-state index contributed by atoms with van der Waals surface area (Å²) >= 11 is -12.2. The van der Waals surface area contributed by atoms with Crippen molar-refractivity contribution < 1.29 is 88.0 Å². The first-order valence-corrected chi connectivity index (χ1v) is 7.57. The van der Waals surface area contributed by atoms with Crippen LogP contribution in [0.4, 0.5) is 0 Å². The second kappa shape index (κ2) is 30.8. The van der Waals surface area contributed by atoms with Gasteiger partial charge in [-0.2, -0.15) is 0 Å². The molecule has 0 bridgehead atoms. The molecule has 80 valence electrons. The third-order valence-corrected chi connectivity index (χ3v) is 0. The standard InChI is InChI=1S/2Bi.9O.Pb.3Ti/q2*+3;;;;6*-1;;;;. The second-order valence-corrected chi connectivity index (χ2v) is 3.09. The van der Waals surface area contributed by atoms with Gasteiger partial charge >= 0.3 is 140 Å². The monoisotopic (exact) mass is 914 g/mol. The van der Waals surface area contributed by atoms with E-state index in [-0.39, 0.29) is 79.7 Å². The van der Waals surface area contributed by atoms with E-state index in [1.54, 1.807) is 0 Å². The Labute approximate surface area is 164 Å². The van der Waals surface area contributed by atoms with Crippen LogP contribution in [0, 0.1) is 0 Å². The Kier molecular flexibility index (Phi) is 74.7. The van der Waals surface area contributed by atoms with E-state index in [2.05, 4.69) is 0 Å². The Balaban J connectivity index is -0.0000000184. The molecule has 0 aliphatic heterocycles. The minimum absolute atomic E-state index is 0. The largest absolute Gasteiger partial charge is 0 e. The molecule has 8 radical (unpaired) electrons. The van der Waals surface area contributed by atoms with Gasteiger partial charge in [0.15, 0.2) is 0 Å². The van der Waals surface area contributed by atoms with Gasteiger partial charge in [-0.3, -0.25) is 0 Å². The van der Waals surface area contributed by atoms with Gasteiger partial charge in [-0.15, -0.1) is 0 Å². The van der Waals surface area contributed by atoms with Crippen LogP contribution >= 0.6 is 0 Å². The van der Waals surface area contributed by atoms with Gasteiger partial charge in [-0.1, -0.05) is 0 Å². The Morgan fingerprint density at radius 1 is 0.533 bits per heavy atom. The zero-order valence-corrected chi connectivity index (χ0v) is 22.1. The number of rotatable bonds is 0. The van der Waals surface area contributed by atoms with E-state index in [1.165, 1.54) is 0 Å². The summed E-state index contributed by atoms with van der Waals surface area (Å²) in [6.45, 7) is 0. The molecule has 0 N–H and O–H groups in total. The SMILES string of the molecule is [Bi+3].[Bi+3].[O]=[Ti]([O-])[O-].[O]=[Ti]([O-])[O-].[O]=[Ti]([O-])[O-].[Pb]. The van der Waals surface area contributed by atoms with Gasteiger partial charge in [0.25, 0.3) is 0 Å². The van der Waals surface area contributed by atoms with Crippen molar-refractivity contribution in [2.45, 2.75) is 0 Å². The van der Waals surface area contributed by atoms with E-state index in [0.29, 0.717) is 0 Å². The average Bonchev–Trinajstić information content (AvgIpc) is 1.54. The predicted molar refractivity (Wildman–Crippen MR) is 19.3 cm³/mol. The maximum absolute atomic E-state index is 8.58. The van der Waals surface area contributed by atoms with Crippen LogP contribution in [0.15, 0.2) is 0 Å². The van der Waals surface area contributed by atoms with E-state index in [1.807, 2.05) is 0 Å². The summed E-state index contributed by atoms with van der Waals surface area (Å²) in [4.78, 5) is 0. The predicted octanol–water partition coefficient (Wildman–Crippen LogP) is -8.64. The molecule has 0 atom stereocenters. The zero-order valence-electron chi connectivity index (χ0n) is 6.57. The van der Waals surface area contributed by atoms with Gasteiger partial charge in [-0.05, 0) is 0 Å². The van der Waals surface area contributed by atoms with Crippen molar-refractivity contribution >= 4 is 79.7 Å². The van der Waals surface area contributed by atoms with Gasteiger partial charge < -0.3 is 0 Å². The maximum atomic E-state index is 8.58. The Morgan fingerprint density at radius 2 is 0.533 bits per heavy atom. The third-order valence-electron chi connectivity index (χ3n) is 0. The van der Waals surface area contributed by atoms with Crippen LogP contribution in [-0.4, -0.2) is 79.7 Å². The molecule has 0 saturated carbocycles. The van der Waals surface area contributed by atoms with E-state index < -0.39 is 55.8 Å². The molecule has 9 nitrogen and oxygen atoms in total. The minimum atomic E-state index is -4.08. The first-order valence-electron chi connectivity index (χ1n) is 1.84. The summed E-state index contributed by atoms with van der Waals surface area (Å²) in [7, 11) is 0. The molecule has 0 rings (SSSR count). The molecule has 0 spiro atoms. The Bertz CT molecular complexity index is 121. The molecular weight excluding hydrogens is 913 g/mol. The van der Waals surface area contributed by atoms with Crippen LogP contribution in [-0.2, 0) is 65.8 Å². The molecule has 0 fully saturated rings. The van der Waals surface area contributed by atoms with Crippen molar-refractivity contribution in [1.82, 2.24) is 0 Å². The van der Waals surface area contributed by atoms with Crippen LogP contribution in [0.25, 0.3) is 0 Å². The van der Waals surface area contributed by atoms with Crippen LogP contribution < -0.4 is 22.1 Å². The van der Waals surface area contributed by atoms with E-state index in [9.17, 15) is 0 Å². The van der Waals surface area contributed by atoms with Crippen LogP contribution in [0.3, 0.4) is 0 Å². The second-order valence-electron chi connectivity index (χ2n) is 0.750. The number of hydrogen-bond acceptors (Lipinski definition) is 9. The first kappa shape index (κ1) is 36.4. The average molecular weight is 913 g/mol. The molecule has 0 aromatic carbocycles. The summed E-state index contributed by atoms with van der Waals surface area (Å²) in [6, 6.07) is 0. The molecule has 0 aromatic heterocycles. The van der Waals surface area contributed by atoms with E-state index in [4.69, 9.17) is 32.1 Å². The van der Waals surface area contributed by atoms with Gasteiger partial charge in [-0.25, -0.2) is 0 Å². The van der Waals surface area contributed by atoms with Crippen molar-refractivity contribution in [3.63, 3.8) is 0 Å². The summed E-state index contributed by atoms with van der Waals surface area (Å²) in [6.07, 6.45) is 0. The van der Waals surface area contributed by atoms with Crippen LogP contribution in [0.1, 0.15) is 0 Å². The molecule has 0 heterocycles. The smallest absolute Gasteiger partial charge is 0 e. The Hall–Kier alpha value is 3.99. The normalized spacial score (nSPS) is 5.20. The summed E-state index contributed by atoms with van der Waals surface area (Å²) in [5.41, 5.74) is 0. The van der Waals surface area contributed by atoms with Crippen LogP contribution in [0.5, 0.6) is 0 Å². The van der Waals surface area contributed by atoms with Gasteiger partial charge in [0.1, 0.15) is 0 Å². The summed E-state index contributed by atoms with van der Waals surface area (Å²) < 4.78 is 77.2. The first-order chi connectivity index (χ1) is 5.20.